The summed E-state index contributed by atoms with van der Waals surface area (Å²) in [5.74, 6) is -2.66. The van der Waals surface area contributed by atoms with Gasteiger partial charge in [-0.15, -0.1) is 0 Å². The second-order valence-electron chi connectivity index (χ2n) is 6.55. The number of carbonyl (C=O) groups excluding carboxylic acids is 3. The molecule has 0 heterocycles. The monoisotopic (exact) mass is 334 g/mol. The van der Waals surface area contributed by atoms with Crippen LogP contribution in [0, 0.1) is 5.92 Å². The van der Waals surface area contributed by atoms with Crippen molar-refractivity contribution < 1.29 is 23.9 Å². The summed E-state index contributed by atoms with van der Waals surface area (Å²) in [7, 11) is 0. The standard InChI is InChI=1S/C19H26O5/c1-5-23-17(21)13-15(18(22)24-19(2,3)4)16(20)12-11-14-9-7-6-8-10-14/h6-10,15H,5,11-13H2,1-4H3. The number of ether oxygens (including phenoxy) is 2. The van der Waals surface area contributed by atoms with Crippen molar-refractivity contribution >= 4 is 17.7 Å². The SMILES string of the molecule is CCOC(=O)CC(C(=O)CCc1ccccc1)C(=O)OC(C)(C)C. The van der Waals surface area contributed by atoms with Gasteiger partial charge in [0.2, 0.25) is 0 Å². The molecule has 1 rings (SSSR count). The molecule has 0 fully saturated rings. The summed E-state index contributed by atoms with van der Waals surface area (Å²) in [5, 5.41) is 0. The zero-order valence-electron chi connectivity index (χ0n) is 14.8. The first-order valence-electron chi connectivity index (χ1n) is 8.18. The normalized spacial score (nSPS) is 12.3. The molecule has 0 aliphatic carbocycles. The van der Waals surface area contributed by atoms with E-state index in [0.717, 1.165) is 5.56 Å². The minimum atomic E-state index is -1.12. The minimum Gasteiger partial charge on any atom is -0.466 e. The maximum atomic E-state index is 12.5. The number of esters is 2. The second kappa shape index (κ2) is 9.21. The smallest absolute Gasteiger partial charge is 0.317 e. The van der Waals surface area contributed by atoms with Crippen molar-refractivity contribution in [3.63, 3.8) is 0 Å². The number of rotatable bonds is 8. The van der Waals surface area contributed by atoms with Crippen LogP contribution in [0.2, 0.25) is 0 Å². The van der Waals surface area contributed by atoms with E-state index in [1.165, 1.54) is 0 Å². The Balaban J connectivity index is 2.76. The third kappa shape index (κ3) is 7.40. The fraction of sp³-hybridized carbons (Fsp3) is 0.526. The van der Waals surface area contributed by atoms with Gasteiger partial charge in [0.05, 0.1) is 13.0 Å². The molecule has 1 atom stereocenters. The van der Waals surface area contributed by atoms with Crippen molar-refractivity contribution in [2.45, 2.75) is 52.6 Å². The summed E-state index contributed by atoms with van der Waals surface area (Å²) >= 11 is 0. The van der Waals surface area contributed by atoms with Crippen LogP contribution in [0.4, 0.5) is 0 Å². The van der Waals surface area contributed by atoms with Gasteiger partial charge in [-0.1, -0.05) is 30.3 Å². The number of benzene rings is 1. The Bertz CT molecular complexity index is 557. The molecular weight excluding hydrogens is 308 g/mol. The molecule has 0 saturated heterocycles. The molecule has 0 aliphatic heterocycles. The third-order valence-electron chi connectivity index (χ3n) is 3.26. The summed E-state index contributed by atoms with van der Waals surface area (Å²) in [6, 6.07) is 9.52. The molecular formula is C19H26O5. The van der Waals surface area contributed by atoms with Crippen LogP contribution in [0.3, 0.4) is 0 Å². The molecule has 5 heteroatoms. The Morgan fingerprint density at radius 1 is 1.08 bits per heavy atom. The fourth-order valence-corrected chi connectivity index (χ4v) is 2.17. The van der Waals surface area contributed by atoms with Crippen LogP contribution >= 0.6 is 0 Å². The van der Waals surface area contributed by atoms with Crippen LogP contribution < -0.4 is 0 Å². The van der Waals surface area contributed by atoms with Crippen molar-refractivity contribution in [3.8, 4) is 0 Å². The highest BCUT2D eigenvalue weighted by Gasteiger charge is 2.33. The van der Waals surface area contributed by atoms with E-state index in [1.807, 2.05) is 30.3 Å². The van der Waals surface area contributed by atoms with Gasteiger partial charge in [0.1, 0.15) is 17.3 Å². The van der Waals surface area contributed by atoms with Crippen molar-refractivity contribution in [2.75, 3.05) is 6.61 Å². The zero-order valence-corrected chi connectivity index (χ0v) is 14.8. The molecule has 0 spiro atoms. The first-order valence-corrected chi connectivity index (χ1v) is 8.18. The van der Waals surface area contributed by atoms with E-state index in [-0.39, 0.29) is 25.2 Å². The van der Waals surface area contributed by atoms with Crippen LogP contribution in [-0.4, -0.2) is 29.9 Å². The number of Topliss-reactive ketones (excluding diaryl/α,β-unsaturated/α-hetero) is 1. The van der Waals surface area contributed by atoms with Crippen molar-refractivity contribution in [3.05, 3.63) is 35.9 Å². The van der Waals surface area contributed by atoms with E-state index < -0.39 is 23.5 Å². The lowest BCUT2D eigenvalue weighted by Crippen LogP contribution is -2.34. The van der Waals surface area contributed by atoms with Crippen molar-refractivity contribution in [1.82, 2.24) is 0 Å². The van der Waals surface area contributed by atoms with E-state index in [2.05, 4.69) is 0 Å². The molecule has 1 aromatic rings. The molecule has 0 bridgehead atoms. The van der Waals surface area contributed by atoms with Gasteiger partial charge < -0.3 is 9.47 Å². The van der Waals surface area contributed by atoms with Gasteiger partial charge in [0.15, 0.2) is 0 Å². The average Bonchev–Trinajstić information content (AvgIpc) is 2.50. The average molecular weight is 334 g/mol. The van der Waals surface area contributed by atoms with Gasteiger partial charge >= 0.3 is 11.9 Å². The summed E-state index contributed by atoms with van der Waals surface area (Å²) in [5.41, 5.74) is 0.286. The van der Waals surface area contributed by atoms with E-state index in [4.69, 9.17) is 9.47 Å². The van der Waals surface area contributed by atoms with E-state index in [0.29, 0.717) is 6.42 Å². The second-order valence-corrected chi connectivity index (χ2v) is 6.55. The number of ketones is 1. The first-order chi connectivity index (χ1) is 11.2. The highest BCUT2D eigenvalue weighted by atomic mass is 16.6. The Kier molecular flexibility index (Phi) is 7.62. The van der Waals surface area contributed by atoms with Gasteiger partial charge in [-0.25, -0.2) is 0 Å². The summed E-state index contributed by atoms with van der Waals surface area (Å²) < 4.78 is 10.2. The third-order valence-corrected chi connectivity index (χ3v) is 3.26. The predicted octanol–water partition coefficient (Wildman–Crippen LogP) is 3.10. The van der Waals surface area contributed by atoms with Crippen LogP contribution in [0.1, 0.15) is 46.1 Å². The molecule has 5 nitrogen and oxygen atoms in total. The van der Waals surface area contributed by atoms with Gasteiger partial charge in [-0.3, -0.25) is 14.4 Å². The van der Waals surface area contributed by atoms with E-state index in [9.17, 15) is 14.4 Å². The Morgan fingerprint density at radius 2 is 1.71 bits per heavy atom. The van der Waals surface area contributed by atoms with Crippen LogP contribution in [0.5, 0.6) is 0 Å². The Labute approximate surface area is 143 Å². The molecule has 24 heavy (non-hydrogen) atoms. The maximum Gasteiger partial charge on any atom is 0.317 e. The van der Waals surface area contributed by atoms with E-state index in [1.54, 1.807) is 27.7 Å². The number of hydrogen-bond acceptors (Lipinski definition) is 5. The largest absolute Gasteiger partial charge is 0.466 e. The van der Waals surface area contributed by atoms with Crippen molar-refractivity contribution in [2.24, 2.45) is 5.92 Å². The lowest BCUT2D eigenvalue weighted by molar-refractivity contribution is -0.166. The molecule has 0 N–H and O–H groups in total. The maximum absolute atomic E-state index is 12.5. The van der Waals surface area contributed by atoms with Gasteiger partial charge in [-0.05, 0) is 39.7 Å². The quantitative estimate of drug-likeness (QED) is 0.540. The summed E-state index contributed by atoms with van der Waals surface area (Å²) in [6.45, 7) is 7.05. The molecule has 1 unspecified atom stereocenters. The topological polar surface area (TPSA) is 69.7 Å². The Morgan fingerprint density at radius 3 is 2.25 bits per heavy atom. The number of aryl methyl sites for hydroxylation is 1. The number of hydrogen-bond donors (Lipinski definition) is 0. The lowest BCUT2D eigenvalue weighted by atomic mass is 9.95. The molecule has 0 saturated carbocycles. The van der Waals surface area contributed by atoms with Crippen LogP contribution in [0.15, 0.2) is 30.3 Å². The van der Waals surface area contributed by atoms with Gasteiger partial charge in [-0.2, -0.15) is 0 Å². The minimum absolute atomic E-state index is 0.174. The zero-order chi connectivity index (χ0) is 18.2. The lowest BCUT2D eigenvalue weighted by Gasteiger charge is -2.23. The molecule has 0 aromatic heterocycles. The number of carbonyl (C=O) groups is 3. The summed E-state index contributed by atoms with van der Waals surface area (Å²) in [6.07, 6.45) is 0.408. The first kappa shape index (κ1) is 19.9. The molecule has 0 amide bonds. The summed E-state index contributed by atoms with van der Waals surface area (Å²) in [4.78, 5) is 36.5. The van der Waals surface area contributed by atoms with Crippen molar-refractivity contribution in [1.29, 1.82) is 0 Å². The molecule has 1 aromatic carbocycles. The Hall–Kier alpha value is -2.17. The van der Waals surface area contributed by atoms with Crippen LogP contribution in [-0.2, 0) is 30.3 Å². The predicted molar refractivity (Wildman–Crippen MR) is 90.4 cm³/mol. The highest BCUT2D eigenvalue weighted by Crippen LogP contribution is 2.18. The highest BCUT2D eigenvalue weighted by molar-refractivity contribution is 6.01. The molecule has 0 radical (unpaired) electrons. The van der Waals surface area contributed by atoms with Crippen LogP contribution in [0.25, 0.3) is 0 Å². The fourth-order valence-electron chi connectivity index (χ4n) is 2.17. The van der Waals surface area contributed by atoms with Gasteiger partial charge in [0, 0.05) is 6.42 Å². The molecule has 0 aliphatic rings. The van der Waals surface area contributed by atoms with Gasteiger partial charge in [0.25, 0.3) is 0 Å². The molecule has 132 valence electrons. The van der Waals surface area contributed by atoms with E-state index >= 15 is 0 Å².